The molecule has 0 aromatic heterocycles. The fourth-order valence-corrected chi connectivity index (χ4v) is 2.48. The quantitative estimate of drug-likeness (QED) is 0.645. The Morgan fingerprint density at radius 1 is 0.947 bits per heavy atom. The van der Waals surface area contributed by atoms with Crippen molar-refractivity contribution in [2.75, 3.05) is 4.90 Å². The maximum absolute atomic E-state index is 12.3. The van der Waals surface area contributed by atoms with Gasteiger partial charge in [-0.1, -0.05) is 23.7 Å². The van der Waals surface area contributed by atoms with Gasteiger partial charge in [0.15, 0.2) is 0 Å². The van der Waals surface area contributed by atoms with Gasteiger partial charge < -0.3 is 0 Å². The van der Waals surface area contributed by atoms with E-state index < -0.39 is 0 Å². The molecule has 2 aromatic rings. The third-order valence-electron chi connectivity index (χ3n) is 2.96. The number of thiol groups is 1. The van der Waals surface area contributed by atoms with Gasteiger partial charge in [0, 0.05) is 4.90 Å². The van der Waals surface area contributed by atoms with Gasteiger partial charge in [0.1, 0.15) is 0 Å². The van der Waals surface area contributed by atoms with Crippen LogP contribution in [0.1, 0.15) is 20.7 Å². The zero-order valence-corrected chi connectivity index (χ0v) is 11.3. The number of fused-ring (bicyclic) bond motifs is 1. The number of carbonyl (C=O) groups excluding carboxylic acids is 2. The van der Waals surface area contributed by atoms with Gasteiger partial charge in [-0.15, -0.1) is 12.6 Å². The molecule has 2 aromatic carbocycles. The maximum Gasteiger partial charge on any atom is 0.266 e. The molecule has 0 unspecified atom stereocenters. The second-order valence-corrected chi connectivity index (χ2v) is 5.05. The average Bonchev–Trinajstić information content (AvgIpc) is 2.66. The molecule has 0 N–H and O–H groups in total. The van der Waals surface area contributed by atoms with Gasteiger partial charge in [0.25, 0.3) is 11.8 Å². The highest BCUT2D eigenvalue weighted by molar-refractivity contribution is 7.80. The third-order valence-corrected chi connectivity index (χ3v) is 3.56. The number of halogens is 1. The molecule has 0 atom stereocenters. The molecule has 3 nitrogen and oxygen atoms in total. The van der Waals surface area contributed by atoms with E-state index >= 15 is 0 Å². The molecule has 0 radical (unpaired) electrons. The van der Waals surface area contributed by atoms with Crippen molar-refractivity contribution in [3.8, 4) is 0 Å². The summed E-state index contributed by atoms with van der Waals surface area (Å²) in [5.41, 5.74) is 1.15. The first-order valence-corrected chi connectivity index (χ1v) is 6.38. The molecule has 0 fully saturated rings. The van der Waals surface area contributed by atoms with E-state index in [-0.39, 0.29) is 11.8 Å². The highest BCUT2D eigenvalue weighted by Gasteiger charge is 2.37. The van der Waals surface area contributed by atoms with Gasteiger partial charge in [-0.2, -0.15) is 0 Å². The summed E-state index contributed by atoms with van der Waals surface area (Å²) >= 11 is 10.3. The summed E-state index contributed by atoms with van der Waals surface area (Å²) in [4.78, 5) is 26.3. The van der Waals surface area contributed by atoms with Crippen LogP contribution in [0.3, 0.4) is 0 Å². The van der Waals surface area contributed by atoms with Crippen molar-refractivity contribution < 1.29 is 9.59 Å². The van der Waals surface area contributed by atoms with Crippen molar-refractivity contribution >= 4 is 41.7 Å². The molecule has 1 aliphatic rings. The Bertz CT molecular complexity index is 679. The monoisotopic (exact) mass is 289 g/mol. The van der Waals surface area contributed by atoms with Gasteiger partial charge in [0.2, 0.25) is 0 Å². The lowest BCUT2D eigenvalue weighted by atomic mass is 10.1. The summed E-state index contributed by atoms with van der Waals surface area (Å²) in [6.07, 6.45) is 0. The number of nitrogens with zero attached hydrogens (tertiary/aromatic N) is 1. The van der Waals surface area contributed by atoms with Crippen LogP contribution in [0.4, 0.5) is 5.69 Å². The third kappa shape index (κ3) is 1.84. The summed E-state index contributed by atoms with van der Waals surface area (Å²) in [5, 5.41) is 0.340. The summed E-state index contributed by atoms with van der Waals surface area (Å²) < 4.78 is 0. The average molecular weight is 290 g/mol. The van der Waals surface area contributed by atoms with Gasteiger partial charge in [0.05, 0.1) is 21.8 Å². The van der Waals surface area contributed by atoms with E-state index in [0.29, 0.717) is 26.7 Å². The summed E-state index contributed by atoms with van der Waals surface area (Å²) in [5.74, 6) is -0.720. The largest absolute Gasteiger partial charge is 0.268 e. The normalized spacial score (nSPS) is 13.9. The number of rotatable bonds is 1. The Labute approximate surface area is 120 Å². The minimum absolute atomic E-state index is 0.340. The fourth-order valence-electron chi connectivity index (χ4n) is 2.08. The fraction of sp³-hybridized carbons (Fsp3) is 0. The second kappa shape index (κ2) is 4.40. The molecular formula is C14H8ClNO2S. The van der Waals surface area contributed by atoms with Crippen molar-refractivity contribution in [3.63, 3.8) is 0 Å². The van der Waals surface area contributed by atoms with E-state index in [9.17, 15) is 9.59 Å². The van der Waals surface area contributed by atoms with E-state index in [4.69, 9.17) is 11.6 Å². The smallest absolute Gasteiger partial charge is 0.266 e. The molecule has 5 heteroatoms. The van der Waals surface area contributed by atoms with Crippen molar-refractivity contribution in [1.29, 1.82) is 0 Å². The number of hydrogen-bond acceptors (Lipinski definition) is 3. The number of imide groups is 1. The van der Waals surface area contributed by atoms with Crippen molar-refractivity contribution in [1.82, 2.24) is 0 Å². The Hall–Kier alpha value is -1.78. The molecule has 0 spiro atoms. The van der Waals surface area contributed by atoms with E-state index in [2.05, 4.69) is 12.6 Å². The highest BCUT2D eigenvalue weighted by atomic mass is 35.5. The zero-order chi connectivity index (χ0) is 13.6. The molecule has 0 bridgehead atoms. The highest BCUT2D eigenvalue weighted by Crippen LogP contribution is 2.34. The number of anilines is 1. The molecular weight excluding hydrogens is 282 g/mol. The Morgan fingerprint density at radius 3 is 2.11 bits per heavy atom. The first-order chi connectivity index (χ1) is 9.09. The molecule has 0 aliphatic carbocycles. The van der Waals surface area contributed by atoms with Crippen molar-refractivity contribution in [2.24, 2.45) is 0 Å². The zero-order valence-electron chi connectivity index (χ0n) is 9.63. The molecule has 0 saturated carbocycles. The lowest BCUT2D eigenvalue weighted by Crippen LogP contribution is -2.29. The van der Waals surface area contributed by atoms with Crippen LogP contribution in [-0.4, -0.2) is 11.8 Å². The van der Waals surface area contributed by atoms with E-state index in [1.165, 1.54) is 0 Å². The molecule has 3 rings (SSSR count). The van der Waals surface area contributed by atoms with Crippen LogP contribution in [0, 0.1) is 0 Å². The maximum atomic E-state index is 12.3. The summed E-state index contributed by atoms with van der Waals surface area (Å²) in [6.45, 7) is 0. The van der Waals surface area contributed by atoms with E-state index in [0.717, 1.165) is 4.90 Å². The lowest BCUT2D eigenvalue weighted by molar-refractivity contribution is 0.0926. The van der Waals surface area contributed by atoms with Crippen molar-refractivity contribution in [3.05, 3.63) is 58.6 Å². The summed E-state index contributed by atoms with van der Waals surface area (Å²) in [6, 6.07) is 11.6. The minimum Gasteiger partial charge on any atom is -0.268 e. The van der Waals surface area contributed by atoms with Gasteiger partial charge in [-0.25, -0.2) is 4.90 Å². The predicted molar refractivity (Wildman–Crippen MR) is 76.3 cm³/mol. The summed E-state index contributed by atoms with van der Waals surface area (Å²) in [7, 11) is 0. The van der Waals surface area contributed by atoms with Gasteiger partial charge >= 0.3 is 0 Å². The molecule has 19 heavy (non-hydrogen) atoms. The standard InChI is InChI=1S/C14H8ClNO2S/c15-11-6-5-8(19)7-12(11)16-13(17)9-3-1-2-4-10(9)14(16)18/h1-7,19H. The van der Waals surface area contributed by atoms with Crippen LogP contribution < -0.4 is 4.90 Å². The topological polar surface area (TPSA) is 37.4 Å². The number of benzene rings is 2. The SMILES string of the molecule is O=C1c2ccccc2C(=O)N1c1cc(S)ccc1Cl. The number of hydrogen-bond donors (Lipinski definition) is 1. The van der Waals surface area contributed by atoms with Crippen LogP contribution in [0.15, 0.2) is 47.4 Å². The van der Waals surface area contributed by atoms with Crippen LogP contribution in [0.5, 0.6) is 0 Å². The Balaban J connectivity index is 2.17. The number of carbonyl (C=O) groups is 2. The Morgan fingerprint density at radius 2 is 1.53 bits per heavy atom. The molecule has 1 aliphatic heterocycles. The minimum atomic E-state index is -0.360. The van der Waals surface area contributed by atoms with Crippen LogP contribution >= 0.6 is 24.2 Å². The van der Waals surface area contributed by atoms with Crippen LogP contribution in [-0.2, 0) is 0 Å². The second-order valence-electron chi connectivity index (χ2n) is 4.13. The number of amides is 2. The first kappa shape index (κ1) is 12.3. The first-order valence-electron chi connectivity index (χ1n) is 5.56. The molecule has 0 saturated heterocycles. The van der Waals surface area contributed by atoms with Crippen molar-refractivity contribution in [2.45, 2.75) is 4.90 Å². The van der Waals surface area contributed by atoms with Gasteiger partial charge in [-0.3, -0.25) is 9.59 Å². The lowest BCUT2D eigenvalue weighted by Gasteiger charge is -2.15. The van der Waals surface area contributed by atoms with Gasteiger partial charge in [-0.05, 0) is 30.3 Å². The van der Waals surface area contributed by atoms with E-state index in [1.54, 1.807) is 42.5 Å². The predicted octanol–water partition coefficient (Wildman–Crippen LogP) is 3.43. The Kier molecular flexibility index (Phi) is 2.84. The van der Waals surface area contributed by atoms with Crippen LogP contribution in [0.2, 0.25) is 5.02 Å². The molecule has 94 valence electrons. The van der Waals surface area contributed by atoms with Crippen LogP contribution in [0.25, 0.3) is 0 Å². The molecule has 1 heterocycles. The van der Waals surface area contributed by atoms with E-state index in [1.807, 2.05) is 0 Å². The molecule has 2 amide bonds.